The summed E-state index contributed by atoms with van der Waals surface area (Å²) in [5, 5.41) is 0. The maximum absolute atomic E-state index is 5.81. The van der Waals surface area contributed by atoms with Gasteiger partial charge < -0.3 is 4.74 Å². The molecule has 0 saturated carbocycles. The summed E-state index contributed by atoms with van der Waals surface area (Å²) in [6.07, 6.45) is 14.2. The molecule has 1 aliphatic heterocycles. The first-order valence-electron chi connectivity index (χ1n) is 6.55. The lowest BCUT2D eigenvalue weighted by molar-refractivity contribution is 0.0510. The van der Waals surface area contributed by atoms with Gasteiger partial charge in [-0.05, 0) is 19.3 Å². The number of hydrogen-bond donors (Lipinski definition) is 0. The molecule has 0 amide bonds. The van der Waals surface area contributed by atoms with Crippen LogP contribution in [-0.4, -0.2) is 12.7 Å². The molecule has 1 fully saturated rings. The smallest absolute Gasteiger partial charge is 0.0575 e. The van der Waals surface area contributed by atoms with Crippen molar-refractivity contribution >= 4 is 0 Å². The highest BCUT2D eigenvalue weighted by Gasteiger charge is 2.11. The van der Waals surface area contributed by atoms with E-state index in [-0.39, 0.29) is 0 Å². The second kappa shape index (κ2) is 8.28. The van der Waals surface area contributed by atoms with Crippen molar-refractivity contribution in [1.29, 1.82) is 0 Å². The Morgan fingerprint density at radius 1 is 1.00 bits per heavy atom. The van der Waals surface area contributed by atoms with Crippen molar-refractivity contribution in [3.63, 3.8) is 0 Å². The van der Waals surface area contributed by atoms with Gasteiger partial charge in [-0.1, -0.05) is 51.9 Å². The minimum Gasteiger partial charge on any atom is -0.378 e. The van der Waals surface area contributed by atoms with Crippen LogP contribution < -0.4 is 0 Å². The van der Waals surface area contributed by atoms with Crippen molar-refractivity contribution in [3.05, 3.63) is 0 Å². The van der Waals surface area contributed by atoms with Gasteiger partial charge in [-0.15, -0.1) is 0 Å². The number of unbranched alkanes of at least 4 members (excludes halogenated alkanes) is 4. The molecule has 1 saturated heterocycles. The molecule has 0 aliphatic carbocycles. The van der Waals surface area contributed by atoms with Gasteiger partial charge in [-0.3, -0.25) is 0 Å². The molecule has 0 bridgehead atoms. The summed E-state index contributed by atoms with van der Waals surface area (Å²) in [5.74, 6) is 0. The van der Waals surface area contributed by atoms with Gasteiger partial charge in [0.05, 0.1) is 6.10 Å². The average molecular weight is 198 g/mol. The van der Waals surface area contributed by atoms with Crippen LogP contribution in [-0.2, 0) is 4.74 Å². The monoisotopic (exact) mass is 198 g/mol. The van der Waals surface area contributed by atoms with Crippen molar-refractivity contribution in [3.8, 4) is 0 Å². The maximum Gasteiger partial charge on any atom is 0.0575 e. The fourth-order valence-electron chi connectivity index (χ4n) is 2.19. The van der Waals surface area contributed by atoms with Crippen LogP contribution in [0.3, 0.4) is 0 Å². The fraction of sp³-hybridized carbons (Fsp3) is 1.00. The highest BCUT2D eigenvalue weighted by molar-refractivity contribution is 4.62. The molecule has 0 aromatic carbocycles. The lowest BCUT2D eigenvalue weighted by Crippen LogP contribution is -2.11. The van der Waals surface area contributed by atoms with Crippen LogP contribution in [0.5, 0.6) is 0 Å². The number of ether oxygens (including phenoxy) is 1. The molecule has 0 aromatic rings. The van der Waals surface area contributed by atoms with E-state index in [1.807, 2.05) is 0 Å². The summed E-state index contributed by atoms with van der Waals surface area (Å²) in [5.41, 5.74) is 0. The van der Waals surface area contributed by atoms with E-state index in [9.17, 15) is 0 Å². The molecule has 84 valence electrons. The highest BCUT2D eigenvalue weighted by Crippen LogP contribution is 2.18. The molecule has 0 radical (unpaired) electrons. The molecule has 0 N–H and O–H groups in total. The summed E-state index contributed by atoms with van der Waals surface area (Å²) < 4.78 is 5.81. The Bertz CT molecular complexity index is 114. The molecule has 1 heteroatoms. The molecule has 1 atom stereocenters. The third kappa shape index (κ3) is 5.64. The zero-order valence-electron chi connectivity index (χ0n) is 9.76. The van der Waals surface area contributed by atoms with Crippen LogP contribution >= 0.6 is 0 Å². The van der Waals surface area contributed by atoms with Gasteiger partial charge in [0.15, 0.2) is 0 Å². The Morgan fingerprint density at radius 2 is 1.86 bits per heavy atom. The van der Waals surface area contributed by atoms with Crippen LogP contribution in [0.15, 0.2) is 0 Å². The molecule has 0 aromatic heterocycles. The summed E-state index contributed by atoms with van der Waals surface area (Å²) in [6.45, 7) is 3.29. The molecular weight excluding hydrogens is 172 g/mol. The third-order valence-electron chi connectivity index (χ3n) is 3.15. The lowest BCUT2D eigenvalue weighted by atomic mass is 10.0. The number of rotatable bonds is 6. The van der Waals surface area contributed by atoms with Crippen molar-refractivity contribution in [1.82, 2.24) is 0 Å². The quantitative estimate of drug-likeness (QED) is 0.578. The average Bonchev–Trinajstić information content (AvgIpc) is 2.46. The van der Waals surface area contributed by atoms with Gasteiger partial charge in [-0.25, -0.2) is 0 Å². The van der Waals surface area contributed by atoms with Gasteiger partial charge in [0.1, 0.15) is 0 Å². The minimum absolute atomic E-state index is 0.596. The van der Waals surface area contributed by atoms with Gasteiger partial charge in [0.2, 0.25) is 0 Å². The van der Waals surface area contributed by atoms with E-state index in [0.29, 0.717) is 6.10 Å². The van der Waals surface area contributed by atoms with E-state index >= 15 is 0 Å². The topological polar surface area (TPSA) is 9.23 Å². The highest BCUT2D eigenvalue weighted by atomic mass is 16.5. The summed E-state index contributed by atoms with van der Waals surface area (Å²) in [6, 6.07) is 0. The van der Waals surface area contributed by atoms with Gasteiger partial charge >= 0.3 is 0 Å². The van der Waals surface area contributed by atoms with Crippen molar-refractivity contribution in [2.75, 3.05) is 6.61 Å². The molecule has 1 rings (SSSR count). The van der Waals surface area contributed by atoms with Crippen molar-refractivity contribution in [2.24, 2.45) is 0 Å². The third-order valence-corrected chi connectivity index (χ3v) is 3.15. The van der Waals surface area contributed by atoms with Crippen molar-refractivity contribution < 1.29 is 4.74 Å². The second-order valence-corrected chi connectivity index (χ2v) is 4.55. The summed E-state index contributed by atoms with van der Waals surface area (Å²) >= 11 is 0. The molecule has 1 unspecified atom stereocenters. The molecule has 1 heterocycles. The first kappa shape index (κ1) is 12.0. The zero-order chi connectivity index (χ0) is 10.1. The van der Waals surface area contributed by atoms with Crippen LogP contribution in [0.2, 0.25) is 0 Å². The van der Waals surface area contributed by atoms with Crippen LogP contribution in [0, 0.1) is 0 Å². The standard InChI is InChI=1S/C13H26O/c1-2-3-4-5-7-10-13-11-8-6-9-12-14-13/h13H,2-12H2,1H3. The Hall–Kier alpha value is -0.0400. The van der Waals surface area contributed by atoms with Crippen LogP contribution in [0.1, 0.15) is 71.1 Å². The van der Waals surface area contributed by atoms with Crippen molar-refractivity contribution in [2.45, 2.75) is 77.2 Å². The Labute approximate surface area is 89.2 Å². The normalized spacial score (nSPS) is 23.4. The lowest BCUT2D eigenvalue weighted by Gasteiger charge is -2.14. The summed E-state index contributed by atoms with van der Waals surface area (Å²) in [7, 11) is 0. The summed E-state index contributed by atoms with van der Waals surface area (Å²) in [4.78, 5) is 0. The van der Waals surface area contributed by atoms with Gasteiger partial charge in [0.25, 0.3) is 0 Å². The SMILES string of the molecule is CCCCCCCC1CCCCCO1. The van der Waals surface area contributed by atoms with E-state index < -0.39 is 0 Å². The van der Waals surface area contributed by atoms with Crippen LogP contribution in [0.4, 0.5) is 0 Å². The van der Waals surface area contributed by atoms with E-state index in [0.717, 1.165) is 6.61 Å². The number of hydrogen-bond acceptors (Lipinski definition) is 1. The van der Waals surface area contributed by atoms with E-state index in [4.69, 9.17) is 4.74 Å². The minimum atomic E-state index is 0.596. The van der Waals surface area contributed by atoms with E-state index in [1.54, 1.807) is 0 Å². The van der Waals surface area contributed by atoms with E-state index in [1.165, 1.54) is 64.2 Å². The molecule has 14 heavy (non-hydrogen) atoms. The first-order chi connectivity index (χ1) is 6.93. The van der Waals surface area contributed by atoms with E-state index in [2.05, 4.69) is 6.92 Å². The molecule has 0 spiro atoms. The Kier molecular flexibility index (Phi) is 7.12. The molecule has 1 aliphatic rings. The Balaban J connectivity index is 1.93. The predicted octanol–water partition coefficient (Wildman–Crippen LogP) is 4.31. The predicted molar refractivity (Wildman–Crippen MR) is 61.6 cm³/mol. The van der Waals surface area contributed by atoms with Gasteiger partial charge in [-0.2, -0.15) is 0 Å². The maximum atomic E-state index is 5.81. The first-order valence-corrected chi connectivity index (χ1v) is 6.55. The van der Waals surface area contributed by atoms with Crippen LogP contribution in [0.25, 0.3) is 0 Å². The largest absolute Gasteiger partial charge is 0.378 e. The molecular formula is C13H26O. The molecule has 1 nitrogen and oxygen atoms in total. The van der Waals surface area contributed by atoms with Gasteiger partial charge in [0, 0.05) is 6.61 Å². The fourth-order valence-corrected chi connectivity index (χ4v) is 2.19. The second-order valence-electron chi connectivity index (χ2n) is 4.55. The Morgan fingerprint density at radius 3 is 2.71 bits per heavy atom. The zero-order valence-corrected chi connectivity index (χ0v) is 9.76.